The van der Waals surface area contributed by atoms with Crippen molar-refractivity contribution in [2.45, 2.75) is 12.5 Å². The normalized spacial score (nSPS) is 12.7. The second-order valence-electron chi connectivity index (χ2n) is 3.83. The average Bonchev–Trinajstić information content (AvgIpc) is 2.65. The molecule has 1 unspecified atom stereocenters. The summed E-state index contributed by atoms with van der Waals surface area (Å²) in [7, 11) is 0. The topological polar surface area (TPSA) is 26.0 Å². The second-order valence-corrected chi connectivity index (χ2v) is 7.94. The van der Waals surface area contributed by atoms with Crippen LogP contribution in [0.25, 0.3) is 0 Å². The first-order chi connectivity index (χ1) is 8.47. The summed E-state index contributed by atoms with van der Waals surface area (Å²) in [6.07, 6.45) is 0.679. The fourth-order valence-corrected chi connectivity index (χ4v) is 4.08. The maximum atomic E-state index is 13.1. The number of benzene rings is 1. The van der Waals surface area contributed by atoms with E-state index in [1.807, 2.05) is 6.07 Å². The minimum Gasteiger partial charge on any atom is -0.323 e. The van der Waals surface area contributed by atoms with Crippen LogP contribution in [0.5, 0.6) is 0 Å². The molecule has 2 aromatic rings. The van der Waals surface area contributed by atoms with Crippen LogP contribution in [-0.4, -0.2) is 0 Å². The van der Waals surface area contributed by atoms with E-state index in [-0.39, 0.29) is 11.9 Å². The summed E-state index contributed by atoms with van der Waals surface area (Å²) in [5.74, 6) is -0.256. The summed E-state index contributed by atoms with van der Waals surface area (Å²) in [4.78, 5) is 1.09. The predicted molar refractivity (Wildman–Crippen MR) is 84.5 cm³/mol. The Morgan fingerprint density at radius 1 is 1.17 bits per heavy atom. The van der Waals surface area contributed by atoms with Crippen LogP contribution >= 0.6 is 59.1 Å². The molecule has 2 N–H and O–H groups in total. The van der Waals surface area contributed by atoms with Gasteiger partial charge in [0.1, 0.15) is 5.82 Å². The van der Waals surface area contributed by atoms with E-state index in [4.69, 9.17) is 5.73 Å². The number of nitrogens with two attached hydrogens (primary N) is 1. The van der Waals surface area contributed by atoms with Gasteiger partial charge >= 0.3 is 0 Å². The Morgan fingerprint density at radius 2 is 1.89 bits per heavy atom. The summed E-state index contributed by atoms with van der Waals surface area (Å²) in [6, 6.07) is 6.91. The van der Waals surface area contributed by atoms with E-state index in [0.717, 1.165) is 18.7 Å². The van der Waals surface area contributed by atoms with Crippen molar-refractivity contribution in [1.29, 1.82) is 0 Å². The predicted octanol–water partition coefficient (Wildman–Crippen LogP) is 5.42. The van der Waals surface area contributed by atoms with Crippen molar-refractivity contribution in [1.82, 2.24) is 0 Å². The highest BCUT2D eigenvalue weighted by molar-refractivity contribution is 9.13. The highest BCUT2D eigenvalue weighted by atomic mass is 79.9. The number of halogens is 4. The van der Waals surface area contributed by atoms with Crippen molar-refractivity contribution < 1.29 is 4.39 Å². The van der Waals surface area contributed by atoms with Gasteiger partial charge in [-0.25, -0.2) is 4.39 Å². The van der Waals surface area contributed by atoms with Crippen molar-refractivity contribution in [2.24, 2.45) is 5.73 Å². The van der Waals surface area contributed by atoms with E-state index < -0.39 is 0 Å². The summed E-state index contributed by atoms with van der Waals surface area (Å²) >= 11 is 11.7. The van der Waals surface area contributed by atoms with Gasteiger partial charge in [0.2, 0.25) is 0 Å². The smallest absolute Gasteiger partial charge is 0.137 e. The molecule has 1 heterocycles. The van der Waals surface area contributed by atoms with Gasteiger partial charge in [0, 0.05) is 15.4 Å². The van der Waals surface area contributed by atoms with Crippen LogP contribution in [-0.2, 0) is 6.42 Å². The molecule has 6 heteroatoms. The van der Waals surface area contributed by atoms with E-state index in [1.165, 1.54) is 6.07 Å². The van der Waals surface area contributed by atoms with Crippen LogP contribution in [0.15, 0.2) is 37.0 Å². The number of hydrogen-bond donors (Lipinski definition) is 1. The Hall–Kier alpha value is 0.250. The first kappa shape index (κ1) is 14.7. The largest absolute Gasteiger partial charge is 0.323 e. The van der Waals surface area contributed by atoms with Gasteiger partial charge in [-0.2, -0.15) is 0 Å². The third kappa shape index (κ3) is 3.42. The Labute approximate surface area is 134 Å². The Balaban J connectivity index is 2.15. The molecular weight excluding hydrogens is 449 g/mol. The molecule has 0 aliphatic carbocycles. The SMILES string of the molecule is NC(Cc1ccc(F)c(Br)c1)c1cc(Br)c(Br)s1. The van der Waals surface area contributed by atoms with Crippen molar-refractivity contribution in [2.75, 3.05) is 0 Å². The number of hydrogen-bond acceptors (Lipinski definition) is 2. The molecule has 1 atom stereocenters. The van der Waals surface area contributed by atoms with E-state index in [1.54, 1.807) is 23.5 Å². The van der Waals surface area contributed by atoms with Crippen LogP contribution in [0.2, 0.25) is 0 Å². The molecule has 0 saturated heterocycles. The fraction of sp³-hybridized carbons (Fsp3) is 0.167. The third-order valence-corrected chi connectivity index (χ3v) is 6.47. The molecule has 2 rings (SSSR count). The lowest BCUT2D eigenvalue weighted by atomic mass is 10.1. The van der Waals surface area contributed by atoms with Gasteiger partial charge in [-0.15, -0.1) is 11.3 Å². The number of rotatable bonds is 3. The molecule has 0 aliphatic heterocycles. The molecule has 1 nitrogen and oxygen atoms in total. The van der Waals surface area contributed by atoms with Gasteiger partial charge in [-0.1, -0.05) is 6.07 Å². The van der Waals surface area contributed by atoms with Crippen LogP contribution < -0.4 is 5.73 Å². The summed E-state index contributed by atoms with van der Waals surface area (Å²) in [6.45, 7) is 0. The van der Waals surface area contributed by atoms with E-state index in [0.29, 0.717) is 10.9 Å². The molecule has 0 spiro atoms. The van der Waals surface area contributed by atoms with E-state index in [2.05, 4.69) is 47.8 Å². The second kappa shape index (κ2) is 6.13. The quantitative estimate of drug-likeness (QED) is 0.654. The maximum absolute atomic E-state index is 13.1. The lowest BCUT2D eigenvalue weighted by Gasteiger charge is -2.10. The van der Waals surface area contributed by atoms with Gasteiger partial charge in [0.15, 0.2) is 0 Å². The van der Waals surface area contributed by atoms with Crippen molar-refractivity contribution in [3.63, 3.8) is 0 Å². The Kier molecular flexibility index (Phi) is 4.99. The number of thiophene rings is 1. The molecule has 1 aromatic carbocycles. The molecule has 0 radical (unpaired) electrons. The molecule has 0 fully saturated rings. The summed E-state index contributed by atoms with van der Waals surface area (Å²) in [5.41, 5.74) is 7.17. The fourth-order valence-electron chi connectivity index (χ4n) is 1.57. The minimum atomic E-state index is -0.256. The first-order valence-corrected chi connectivity index (χ1v) is 8.31. The highest BCUT2D eigenvalue weighted by Crippen LogP contribution is 2.35. The monoisotopic (exact) mass is 455 g/mol. The molecule has 18 heavy (non-hydrogen) atoms. The van der Waals surface area contributed by atoms with Crippen LogP contribution in [0.1, 0.15) is 16.5 Å². The van der Waals surface area contributed by atoms with Gasteiger partial charge in [0.05, 0.1) is 8.26 Å². The van der Waals surface area contributed by atoms with Crippen molar-refractivity contribution in [3.8, 4) is 0 Å². The van der Waals surface area contributed by atoms with Crippen molar-refractivity contribution in [3.05, 3.63) is 53.3 Å². The van der Waals surface area contributed by atoms with Crippen molar-refractivity contribution >= 4 is 59.1 Å². The zero-order chi connectivity index (χ0) is 13.3. The zero-order valence-electron chi connectivity index (χ0n) is 9.09. The Bertz CT molecular complexity index is 551. The lowest BCUT2D eigenvalue weighted by molar-refractivity contribution is 0.619. The third-order valence-electron chi connectivity index (χ3n) is 2.47. The summed E-state index contributed by atoms with van der Waals surface area (Å²) < 4.78 is 15.6. The minimum absolute atomic E-state index is 0.0880. The van der Waals surface area contributed by atoms with Gasteiger partial charge in [-0.05, 0) is 78.0 Å². The van der Waals surface area contributed by atoms with Gasteiger partial charge in [-0.3, -0.25) is 0 Å². The summed E-state index contributed by atoms with van der Waals surface area (Å²) in [5, 5.41) is 0. The van der Waals surface area contributed by atoms with Gasteiger partial charge < -0.3 is 5.73 Å². The average molecular weight is 458 g/mol. The molecule has 0 amide bonds. The maximum Gasteiger partial charge on any atom is 0.137 e. The standard InChI is InChI=1S/C12H9Br3FNS/c13-7-3-6(1-2-9(7)16)4-10(17)11-5-8(14)12(15)18-11/h1-3,5,10H,4,17H2. The molecule has 0 aliphatic rings. The van der Waals surface area contributed by atoms with E-state index >= 15 is 0 Å². The van der Waals surface area contributed by atoms with Crippen LogP contribution in [0.3, 0.4) is 0 Å². The van der Waals surface area contributed by atoms with E-state index in [9.17, 15) is 4.39 Å². The molecule has 96 valence electrons. The highest BCUT2D eigenvalue weighted by Gasteiger charge is 2.13. The Morgan fingerprint density at radius 3 is 2.44 bits per heavy atom. The first-order valence-electron chi connectivity index (χ1n) is 5.11. The zero-order valence-corrected chi connectivity index (χ0v) is 14.7. The van der Waals surface area contributed by atoms with Gasteiger partial charge in [0.25, 0.3) is 0 Å². The molecule has 0 saturated carbocycles. The van der Waals surface area contributed by atoms with Crippen LogP contribution in [0.4, 0.5) is 4.39 Å². The molecule has 1 aromatic heterocycles. The van der Waals surface area contributed by atoms with Crippen LogP contribution in [0, 0.1) is 5.82 Å². The molecular formula is C12H9Br3FNS. The molecule has 0 bridgehead atoms. The lowest BCUT2D eigenvalue weighted by Crippen LogP contribution is -2.11.